The second-order valence-corrected chi connectivity index (χ2v) is 10.4. The normalized spacial score (nSPS) is 15.8. The minimum atomic E-state index is -0.607. The quantitative estimate of drug-likeness (QED) is 0.314. The second kappa shape index (κ2) is 9.62. The molecule has 0 fully saturated rings. The van der Waals surface area contributed by atoms with Crippen molar-refractivity contribution in [1.29, 1.82) is 0 Å². The van der Waals surface area contributed by atoms with Crippen molar-refractivity contribution in [2.24, 2.45) is 4.99 Å². The van der Waals surface area contributed by atoms with E-state index in [1.165, 1.54) is 22.7 Å². The SMILES string of the molecule is CCOC(=O)C1=C(C)N=c2s/c(=C\c3ccc(-c4cccc(Cl)c4Cl)o3)c(=O)n2C1c1cccs1. The third kappa shape index (κ3) is 4.31. The molecular weight excluding hydrogens is 527 g/mol. The van der Waals surface area contributed by atoms with E-state index in [0.29, 0.717) is 47.7 Å². The number of hydrogen-bond donors (Lipinski definition) is 0. The fourth-order valence-corrected chi connectivity index (χ4v) is 6.15. The maximum Gasteiger partial charge on any atom is 0.338 e. The Hall–Kier alpha value is -2.91. The lowest BCUT2D eigenvalue weighted by atomic mass is 10.0. The summed E-state index contributed by atoms with van der Waals surface area (Å²) in [5.41, 5.74) is 1.29. The van der Waals surface area contributed by atoms with Crippen molar-refractivity contribution >= 4 is 57.9 Å². The summed E-state index contributed by atoms with van der Waals surface area (Å²) in [6, 6.07) is 12.0. The maximum absolute atomic E-state index is 13.6. The third-order valence-electron chi connectivity index (χ3n) is 5.45. The summed E-state index contributed by atoms with van der Waals surface area (Å²) in [5, 5.41) is 2.73. The summed E-state index contributed by atoms with van der Waals surface area (Å²) in [5.74, 6) is 0.541. The largest absolute Gasteiger partial charge is 0.463 e. The molecule has 1 unspecified atom stereocenters. The summed E-state index contributed by atoms with van der Waals surface area (Å²) in [6.07, 6.45) is 1.67. The van der Waals surface area contributed by atoms with Gasteiger partial charge < -0.3 is 9.15 Å². The van der Waals surface area contributed by atoms with Gasteiger partial charge in [-0.05, 0) is 49.6 Å². The van der Waals surface area contributed by atoms with Crippen LogP contribution in [0, 0.1) is 0 Å². The van der Waals surface area contributed by atoms with Gasteiger partial charge in [-0.1, -0.05) is 46.7 Å². The van der Waals surface area contributed by atoms with Crippen LogP contribution in [0.15, 0.2) is 73.3 Å². The summed E-state index contributed by atoms with van der Waals surface area (Å²) < 4.78 is 13.2. The first-order chi connectivity index (χ1) is 16.9. The number of halogens is 2. The van der Waals surface area contributed by atoms with Crippen LogP contribution in [0.4, 0.5) is 0 Å². The summed E-state index contributed by atoms with van der Waals surface area (Å²) in [6.45, 7) is 3.74. The number of furan rings is 1. The number of nitrogens with zero attached hydrogens (tertiary/aromatic N) is 2. The fourth-order valence-electron chi connectivity index (χ4n) is 3.91. The zero-order valence-corrected chi connectivity index (χ0v) is 21.7. The van der Waals surface area contributed by atoms with Crippen LogP contribution in [-0.4, -0.2) is 17.1 Å². The van der Waals surface area contributed by atoms with Crippen molar-refractivity contribution in [2.75, 3.05) is 6.61 Å². The molecule has 0 aliphatic carbocycles. The molecule has 1 atom stereocenters. The zero-order valence-electron chi connectivity index (χ0n) is 18.6. The summed E-state index contributed by atoms with van der Waals surface area (Å²) in [4.78, 5) is 32.3. The minimum absolute atomic E-state index is 0.231. The summed E-state index contributed by atoms with van der Waals surface area (Å²) in [7, 11) is 0. The van der Waals surface area contributed by atoms with Gasteiger partial charge in [-0.3, -0.25) is 9.36 Å². The monoisotopic (exact) mass is 544 g/mol. The van der Waals surface area contributed by atoms with E-state index < -0.39 is 12.0 Å². The first-order valence-corrected chi connectivity index (χ1v) is 13.1. The molecule has 4 aromatic rings. The molecule has 6 nitrogen and oxygen atoms in total. The van der Waals surface area contributed by atoms with E-state index in [2.05, 4.69) is 4.99 Å². The van der Waals surface area contributed by atoms with E-state index in [1.807, 2.05) is 23.6 Å². The highest BCUT2D eigenvalue weighted by Gasteiger charge is 2.33. The van der Waals surface area contributed by atoms with Gasteiger partial charge in [0.1, 0.15) is 17.6 Å². The van der Waals surface area contributed by atoms with Crippen LogP contribution in [0.2, 0.25) is 10.0 Å². The number of carbonyl (C=O) groups is 1. The number of allylic oxidation sites excluding steroid dienone is 1. The second-order valence-electron chi connectivity index (χ2n) is 7.62. The molecule has 0 amide bonds. The Kier molecular flexibility index (Phi) is 6.55. The molecule has 0 N–H and O–H groups in total. The number of carbonyl (C=O) groups excluding carboxylic acids is 1. The lowest BCUT2D eigenvalue weighted by molar-refractivity contribution is -0.139. The number of esters is 1. The summed E-state index contributed by atoms with van der Waals surface area (Å²) >= 11 is 15.2. The van der Waals surface area contributed by atoms with E-state index in [0.717, 1.165) is 4.88 Å². The lowest BCUT2D eigenvalue weighted by Gasteiger charge is -2.23. The van der Waals surface area contributed by atoms with Crippen molar-refractivity contribution < 1.29 is 13.9 Å². The van der Waals surface area contributed by atoms with Gasteiger partial charge in [-0.15, -0.1) is 11.3 Å². The molecule has 178 valence electrons. The average Bonchev–Trinajstić information content (AvgIpc) is 3.57. The molecule has 5 rings (SSSR count). The van der Waals surface area contributed by atoms with Crippen LogP contribution in [0.5, 0.6) is 0 Å². The number of benzene rings is 1. The molecule has 1 aromatic carbocycles. The fraction of sp³-hybridized carbons (Fsp3) is 0.160. The van der Waals surface area contributed by atoms with Gasteiger partial charge in [0.25, 0.3) is 5.56 Å². The molecule has 0 saturated carbocycles. The van der Waals surface area contributed by atoms with Crippen molar-refractivity contribution in [3.63, 3.8) is 0 Å². The van der Waals surface area contributed by atoms with Crippen LogP contribution in [0.25, 0.3) is 17.4 Å². The Bertz CT molecular complexity index is 1640. The minimum Gasteiger partial charge on any atom is -0.463 e. The third-order valence-corrected chi connectivity index (χ3v) is 8.17. The Morgan fingerprint density at radius 3 is 2.80 bits per heavy atom. The molecule has 10 heteroatoms. The maximum atomic E-state index is 13.6. The molecule has 3 aromatic heterocycles. The van der Waals surface area contributed by atoms with E-state index in [9.17, 15) is 9.59 Å². The lowest BCUT2D eigenvalue weighted by Crippen LogP contribution is -2.39. The number of ether oxygens (including phenoxy) is 1. The molecule has 1 aliphatic heterocycles. The van der Waals surface area contributed by atoms with Crippen LogP contribution in [0.1, 0.15) is 30.5 Å². The zero-order chi connectivity index (χ0) is 24.7. The van der Waals surface area contributed by atoms with Crippen molar-refractivity contribution in [3.05, 3.63) is 99.5 Å². The van der Waals surface area contributed by atoms with Gasteiger partial charge >= 0.3 is 5.97 Å². The van der Waals surface area contributed by atoms with Crippen LogP contribution in [0.3, 0.4) is 0 Å². The topological polar surface area (TPSA) is 73.8 Å². The van der Waals surface area contributed by atoms with Crippen LogP contribution < -0.4 is 14.9 Å². The molecule has 0 radical (unpaired) electrons. The molecule has 0 bridgehead atoms. The predicted octanol–water partition coefficient (Wildman–Crippen LogP) is 5.43. The van der Waals surface area contributed by atoms with Crippen molar-refractivity contribution in [3.8, 4) is 11.3 Å². The van der Waals surface area contributed by atoms with Gasteiger partial charge in [-0.25, -0.2) is 9.79 Å². The molecule has 1 aliphatic rings. The van der Waals surface area contributed by atoms with Gasteiger partial charge in [0.05, 0.1) is 32.5 Å². The van der Waals surface area contributed by atoms with Crippen LogP contribution >= 0.6 is 45.9 Å². The Labute approximate surface area is 218 Å². The Morgan fingerprint density at radius 1 is 1.23 bits per heavy atom. The molecular formula is C25H18Cl2N2O4S2. The standard InChI is InChI=1S/C25H18Cl2N2O4S2/c1-3-32-24(31)20-13(2)28-25-29(22(20)18-8-5-11-34-18)23(30)19(35-25)12-14-9-10-17(33-14)15-6-4-7-16(26)21(15)27/h4-12,22H,3H2,1-2H3/b19-12-. The average molecular weight is 545 g/mol. The van der Waals surface area contributed by atoms with E-state index >= 15 is 0 Å². The number of hydrogen-bond acceptors (Lipinski definition) is 7. The first kappa shape index (κ1) is 23.8. The van der Waals surface area contributed by atoms with Crippen molar-refractivity contribution in [2.45, 2.75) is 19.9 Å². The highest BCUT2D eigenvalue weighted by Crippen LogP contribution is 2.35. The smallest absolute Gasteiger partial charge is 0.338 e. The van der Waals surface area contributed by atoms with E-state index in [-0.39, 0.29) is 12.2 Å². The number of fused-ring (bicyclic) bond motifs is 1. The molecule has 0 spiro atoms. The van der Waals surface area contributed by atoms with Crippen molar-refractivity contribution in [1.82, 2.24) is 4.57 Å². The predicted molar refractivity (Wildman–Crippen MR) is 139 cm³/mol. The molecule has 0 saturated heterocycles. The number of thiophene rings is 1. The van der Waals surface area contributed by atoms with Gasteiger partial charge in [0.15, 0.2) is 4.80 Å². The molecule has 4 heterocycles. The van der Waals surface area contributed by atoms with Gasteiger partial charge in [-0.2, -0.15) is 0 Å². The number of rotatable bonds is 5. The highest BCUT2D eigenvalue weighted by atomic mass is 35.5. The van der Waals surface area contributed by atoms with E-state index in [4.69, 9.17) is 32.4 Å². The highest BCUT2D eigenvalue weighted by molar-refractivity contribution is 7.10. The van der Waals surface area contributed by atoms with Crippen LogP contribution in [-0.2, 0) is 9.53 Å². The Morgan fingerprint density at radius 2 is 2.06 bits per heavy atom. The van der Waals surface area contributed by atoms with E-state index in [1.54, 1.807) is 48.8 Å². The van der Waals surface area contributed by atoms with Gasteiger partial charge in [0, 0.05) is 16.5 Å². The molecule has 35 heavy (non-hydrogen) atoms. The number of thiazole rings is 1. The first-order valence-electron chi connectivity index (χ1n) is 10.7. The van der Waals surface area contributed by atoms with Gasteiger partial charge in [0.2, 0.25) is 0 Å². The Balaban J connectivity index is 1.62. The number of aromatic nitrogens is 1.